The van der Waals surface area contributed by atoms with Crippen molar-refractivity contribution in [3.63, 3.8) is 0 Å². The maximum Gasteiger partial charge on any atom is -0.0100 e. The second kappa shape index (κ2) is 5.76. The molecule has 1 aliphatic carbocycles. The highest BCUT2D eigenvalue weighted by atomic mass is 14.4. The zero-order valence-corrected chi connectivity index (χ0v) is 13.9. The molecule has 0 bridgehead atoms. The Bertz CT molecular complexity index is 489. The maximum atomic E-state index is 2.43. The fourth-order valence-electron chi connectivity index (χ4n) is 3.25. The molecule has 0 nitrogen and oxygen atoms in total. The van der Waals surface area contributed by atoms with E-state index in [4.69, 9.17) is 0 Å². The highest BCUT2D eigenvalue weighted by Crippen LogP contribution is 2.45. The van der Waals surface area contributed by atoms with Gasteiger partial charge in [-0.1, -0.05) is 77.8 Å². The van der Waals surface area contributed by atoms with Crippen molar-refractivity contribution >= 4 is 6.08 Å². The molecule has 0 saturated heterocycles. The average Bonchev–Trinajstić information content (AvgIpc) is 2.40. The van der Waals surface area contributed by atoms with E-state index in [1.807, 2.05) is 0 Å². The van der Waals surface area contributed by atoms with E-state index in [1.165, 1.54) is 37.7 Å². The second-order valence-corrected chi connectivity index (χ2v) is 7.62. The number of hydrogen-bond acceptors (Lipinski definition) is 0. The van der Waals surface area contributed by atoms with Gasteiger partial charge < -0.3 is 0 Å². The molecule has 0 amide bonds. The molecule has 0 heteroatoms. The number of rotatable bonds is 4. The van der Waals surface area contributed by atoms with Gasteiger partial charge in [0, 0.05) is 0 Å². The number of fused-ring (bicyclic) bond motifs is 1. The molecule has 0 radical (unpaired) electrons. The third-order valence-corrected chi connectivity index (χ3v) is 4.91. The zero-order chi connectivity index (χ0) is 14.8. The fourth-order valence-corrected chi connectivity index (χ4v) is 3.25. The van der Waals surface area contributed by atoms with Crippen LogP contribution in [-0.4, -0.2) is 0 Å². The van der Waals surface area contributed by atoms with Crippen molar-refractivity contribution in [2.75, 3.05) is 0 Å². The largest absolute Gasteiger partial charge is 0.0839 e. The molecule has 0 fully saturated rings. The van der Waals surface area contributed by atoms with E-state index in [-0.39, 0.29) is 0 Å². The van der Waals surface area contributed by atoms with E-state index in [1.54, 1.807) is 11.1 Å². The molecule has 0 N–H and O–H groups in total. The summed E-state index contributed by atoms with van der Waals surface area (Å²) in [6.45, 7) is 11.8. The summed E-state index contributed by atoms with van der Waals surface area (Å²) in [5, 5.41) is 0. The molecule has 20 heavy (non-hydrogen) atoms. The molecule has 0 atom stereocenters. The van der Waals surface area contributed by atoms with Crippen LogP contribution in [0.25, 0.3) is 6.08 Å². The predicted octanol–water partition coefficient (Wildman–Crippen LogP) is 6.24. The SMILES string of the molecule is CCCC/C=C\c1ccc2c(c1)C(C)(C)CCC2(C)C. The molecule has 0 saturated carbocycles. The van der Waals surface area contributed by atoms with Gasteiger partial charge in [0.1, 0.15) is 0 Å². The Kier molecular flexibility index (Phi) is 4.42. The van der Waals surface area contributed by atoms with Crippen molar-refractivity contribution in [2.24, 2.45) is 0 Å². The number of allylic oxidation sites excluding steroid dienone is 1. The van der Waals surface area contributed by atoms with Gasteiger partial charge in [0.25, 0.3) is 0 Å². The van der Waals surface area contributed by atoms with Crippen LogP contribution in [0.3, 0.4) is 0 Å². The van der Waals surface area contributed by atoms with E-state index in [0.29, 0.717) is 10.8 Å². The smallest absolute Gasteiger partial charge is 0.0100 e. The molecule has 0 spiro atoms. The lowest BCUT2D eigenvalue weighted by atomic mass is 9.63. The lowest BCUT2D eigenvalue weighted by Crippen LogP contribution is -2.33. The third-order valence-electron chi connectivity index (χ3n) is 4.91. The zero-order valence-electron chi connectivity index (χ0n) is 13.9. The Morgan fingerprint density at radius 1 is 1.00 bits per heavy atom. The lowest BCUT2D eigenvalue weighted by molar-refractivity contribution is 0.332. The Balaban J connectivity index is 2.31. The molecule has 1 aromatic rings. The molecule has 1 aromatic carbocycles. The lowest BCUT2D eigenvalue weighted by Gasteiger charge is -2.42. The standard InChI is InChI=1S/C20H30/c1-6-7-8-9-10-16-11-12-17-18(15-16)20(4,5)14-13-19(17,2)3/h9-12,15H,6-8,13-14H2,1-5H3/b10-9-. The molecular formula is C20H30. The van der Waals surface area contributed by atoms with Crippen LogP contribution in [0, 0.1) is 0 Å². The molecule has 0 aliphatic heterocycles. The predicted molar refractivity (Wildman–Crippen MR) is 90.3 cm³/mol. The maximum absolute atomic E-state index is 2.43. The molecule has 1 aliphatic rings. The minimum Gasteiger partial charge on any atom is -0.0839 e. The van der Waals surface area contributed by atoms with E-state index in [0.717, 1.165) is 0 Å². The summed E-state index contributed by atoms with van der Waals surface area (Å²) in [5.41, 5.74) is 5.13. The number of benzene rings is 1. The molecule has 0 aromatic heterocycles. The Morgan fingerprint density at radius 2 is 1.65 bits per heavy atom. The molecule has 0 heterocycles. The average molecular weight is 270 g/mol. The second-order valence-electron chi connectivity index (χ2n) is 7.62. The van der Waals surface area contributed by atoms with Crippen LogP contribution in [0.1, 0.15) is 83.4 Å². The molecular weight excluding hydrogens is 240 g/mol. The van der Waals surface area contributed by atoms with Gasteiger partial charge in [-0.2, -0.15) is 0 Å². The van der Waals surface area contributed by atoms with Crippen molar-refractivity contribution in [3.05, 3.63) is 41.0 Å². The van der Waals surface area contributed by atoms with Crippen LogP contribution < -0.4 is 0 Å². The van der Waals surface area contributed by atoms with Crippen LogP contribution in [0.15, 0.2) is 24.3 Å². The van der Waals surface area contributed by atoms with Crippen LogP contribution >= 0.6 is 0 Å². The van der Waals surface area contributed by atoms with Crippen LogP contribution in [0.4, 0.5) is 0 Å². The van der Waals surface area contributed by atoms with E-state index < -0.39 is 0 Å². The first-order valence-electron chi connectivity index (χ1n) is 8.18. The van der Waals surface area contributed by atoms with Crippen molar-refractivity contribution in [1.82, 2.24) is 0 Å². The third kappa shape index (κ3) is 3.16. The van der Waals surface area contributed by atoms with Gasteiger partial charge in [-0.25, -0.2) is 0 Å². The van der Waals surface area contributed by atoms with E-state index >= 15 is 0 Å². The minimum absolute atomic E-state index is 0.318. The molecule has 2 rings (SSSR count). The summed E-state index contributed by atoms with van der Waals surface area (Å²) >= 11 is 0. The van der Waals surface area contributed by atoms with Crippen molar-refractivity contribution in [3.8, 4) is 0 Å². The summed E-state index contributed by atoms with van der Waals surface area (Å²) in [6, 6.07) is 7.10. The van der Waals surface area contributed by atoms with Crippen molar-refractivity contribution in [1.29, 1.82) is 0 Å². The van der Waals surface area contributed by atoms with Crippen molar-refractivity contribution < 1.29 is 0 Å². The quantitative estimate of drug-likeness (QED) is 0.568. The van der Waals surface area contributed by atoms with Gasteiger partial charge in [-0.05, 0) is 46.8 Å². The fraction of sp³-hybridized carbons (Fsp3) is 0.600. The first-order chi connectivity index (χ1) is 9.37. The Hall–Kier alpha value is -1.04. The van der Waals surface area contributed by atoms with Gasteiger partial charge in [0.2, 0.25) is 0 Å². The van der Waals surface area contributed by atoms with Crippen LogP contribution in [0.5, 0.6) is 0 Å². The summed E-state index contributed by atoms with van der Waals surface area (Å²) in [4.78, 5) is 0. The van der Waals surface area contributed by atoms with Crippen LogP contribution in [-0.2, 0) is 10.8 Å². The minimum atomic E-state index is 0.318. The van der Waals surface area contributed by atoms with E-state index in [9.17, 15) is 0 Å². The molecule has 0 unspecified atom stereocenters. The topological polar surface area (TPSA) is 0 Å². The van der Waals surface area contributed by atoms with Crippen molar-refractivity contribution in [2.45, 2.75) is 77.6 Å². The normalized spacial score (nSPS) is 20.1. The van der Waals surface area contributed by atoms with Gasteiger partial charge in [-0.3, -0.25) is 0 Å². The monoisotopic (exact) mass is 270 g/mol. The van der Waals surface area contributed by atoms with E-state index in [2.05, 4.69) is 65.0 Å². The summed E-state index contributed by atoms with van der Waals surface area (Å²) in [7, 11) is 0. The summed E-state index contributed by atoms with van der Waals surface area (Å²) < 4.78 is 0. The summed E-state index contributed by atoms with van der Waals surface area (Å²) in [6.07, 6.45) is 11.0. The Morgan fingerprint density at radius 3 is 2.30 bits per heavy atom. The first-order valence-corrected chi connectivity index (χ1v) is 8.18. The van der Waals surface area contributed by atoms with Gasteiger partial charge in [-0.15, -0.1) is 0 Å². The highest BCUT2D eigenvalue weighted by molar-refractivity contribution is 5.55. The summed E-state index contributed by atoms with van der Waals surface area (Å²) in [5.74, 6) is 0. The number of hydrogen-bond donors (Lipinski definition) is 0. The Labute approximate surface area is 125 Å². The highest BCUT2D eigenvalue weighted by Gasteiger charge is 2.36. The van der Waals surface area contributed by atoms with Gasteiger partial charge >= 0.3 is 0 Å². The van der Waals surface area contributed by atoms with Gasteiger partial charge in [0.05, 0.1) is 0 Å². The molecule has 110 valence electrons. The van der Waals surface area contributed by atoms with Crippen LogP contribution in [0.2, 0.25) is 0 Å². The number of unbranched alkanes of at least 4 members (excludes halogenated alkanes) is 2. The van der Waals surface area contributed by atoms with Gasteiger partial charge in [0.15, 0.2) is 0 Å². The first kappa shape index (κ1) is 15.4.